The lowest BCUT2D eigenvalue weighted by molar-refractivity contribution is 0.0983. The number of carbonyl (C=O) groups excluding carboxylic acids is 1. The summed E-state index contributed by atoms with van der Waals surface area (Å²) in [4.78, 5) is 15.5. The monoisotopic (exact) mass is 182 g/mol. The largest absolute Gasteiger partial charge is 0.405 e. The quantitative estimate of drug-likeness (QED) is 0.669. The molecule has 14 heavy (non-hydrogen) atoms. The first-order valence-corrected chi connectivity index (χ1v) is 4.17. The number of hydrogen-bond donors (Lipinski definition) is 1. The van der Waals surface area contributed by atoms with Crippen molar-refractivity contribution in [2.45, 2.75) is 0 Å². The van der Waals surface area contributed by atoms with E-state index in [1.54, 1.807) is 12.3 Å². The number of amides is 1. The Bertz CT molecular complexity index is 479. The second kappa shape index (κ2) is 3.50. The highest BCUT2D eigenvalue weighted by atomic mass is 16.1. The summed E-state index contributed by atoms with van der Waals surface area (Å²) in [5.41, 5.74) is 1.33. The van der Waals surface area contributed by atoms with Crippen molar-refractivity contribution in [3.05, 3.63) is 42.1 Å². The Morgan fingerprint density at radius 1 is 1.29 bits per heavy atom. The molecular formula is C10H7BN2O. The van der Waals surface area contributed by atoms with Crippen LogP contribution in [0.3, 0.4) is 0 Å². The van der Waals surface area contributed by atoms with Crippen LogP contribution < -0.4 is 5.23 Å². The lowest BCUT2D eigenvalue weighted by Gasteiger charge is -2.03. The maximum absolute atomic E-state index is 11.4. The average molecular weight is 182 g/mol. The number of benzene rings is 1. The molecule has 66 valence electrons. The molecule has 0 aliphatic carbocycles. The molecule has 3 nitrogen and oxygen atoms in total. The van der Waals surface area contributed by atoms with E-state index in [1.165, 1.54) is 0 Å². The minimum absolute atomic E-state index is 0.302. The van der Waals surface area contributed by atoms with Crippen molar-refractivity contribution in [2.75, 3.05) is 0 Å². The summed E-state index contributed by atoms with van der Waals surface area (Å²) in [6.45, 7) is 0. The normalized spacial score (nSPS) is 10.0. The minimum Gasteiger partial charge on any atom is -0.405 e. The minimum atomic E-state index is -0.302. The van der Waals surface area contributed by atoms with Gasteiger partial charge >= 0.3 is 0 Å². The van der Waals surface area contributed by atoms with Gasteiger partial charge in [-0.15, -0.1) is 0 Å². The SMILES string of the molecule is [B]NC(=O)c1ccnc2ccccc12. The Labute approximate surface area is 82.6 Å². The van der Waals surface area contributed by atoms with Crippen LogP contribution in [0.4, 0.5) is 0 Å². The highest BCUT2D eigenvalue weighted by molar-refractivity contribution is 6.20. The second-order valence-electron chi connectivity index (χ2n) is 2.85. The Kier molecular flexibility index (Phi) is 2.19. The maximum Gasteiger partial charge on any atom is 0.239 e. The van der Waals surface area contributed by atoms with Crippen LogP contribution >= 0.6 is 0 Å². The van der Waals surface area contributed by atoms with Gasteiger partial charge in [0.15, 0.2) is 0 Å². The standard InChI is InChI=1S/C10H7BN2O/c11-13-10(14)8-5-6-12-9-4-2-1-3-7(8)9/h1-6H,(H,13,14). The fourth-order valence-electron chi connectivity index (χ4n) is 1.37. The van der Waals surface area contributed by atoms with Gasteiger partial charge in [0.25, 0.3) is 0 Å². The zero-order valence-electron chi connectivity index (χ0n) is 7.40. The Hall–Kier alpha value is -1.84. The molecule has 1 aromatic heterocycles. The van der Waals surface area contributed by atoms with Gasteiger partial charge in [0, 0.05) is 17.1 Å². The van der Waals surface area contributed by atoms with Crippen LogP contribution in [0.15, 0.2) is 36.5 Å². The summed E-state index contributed by atoms with van der Waals surface area (Å²) < 4.78 is 0. The van der Waals surface area contributed by atoms with Crippen LogP contribution in [-0.4, -0.2) is 18.9 Å². The van der Waals surface area contributed by atoms with Crippen LogP contribution in [0.2, 0.25) is 0 Å². The number of nitrogens with zero attached hydrogens (tertiary/aromatic N) is 1. The lowest BCUT2D eigenvalue weighted by Crippen LogP contribution is -2.19. The van der Waals surface area contributed by atoms with Crippen molar-refractivity contribution in [1.82, 2.24) is 10.2 Å². The van der Waals surface area contributed by atoms with Gasteiger partial charge in [0.05, 0.1) is 5.52 Å². The van der Waals surface area contributed by atoms with E-state index in [0.717, 1.165) is 10.9 Å². The molecule has 0 fully saturated rings. The number of fused-ring (bicyclic) bond motifs is 1. The van der Waals surface area contributed by atoms with Crippen molar-refractivity contribution in [3.8, 4) is 0 Å². The van der Waals surface area contributed by atoms with Gasteiger partial charge in [-0.3, -0.25) is 9.78 Å². The molecule has 0 aliphatic heterocycles. The third kappa shape index (κ3) is 1.35. The van der Waals surface area contributed by atoms with Crippen molar-refractivity contribution in [3.63, 3.8) is 0 Å². The first-order chi connectivity index (χ1) is 6.83. The highest BCUT2D eigenvalue weighted by Gasteiger charge is 2.06. The van der Waals surface area contributed by atoms with Crippen molar-refractivity contribution in [1.29, 1.82) is 0 Å². The molecule has 0 spiro atoms. The summed E-state index contributed by atoms with van der Waals surface area (Å²) in [7, 11) is 5.08. The molecule has 1 amide bonds. The summed E-state index contributed by atoms with van der Waals surface area (Å²) in [6, 6.07) is 9.07. The molecule has 1 N–H and O–H groups in total. The van der Waals surface area contributed by atoms with E-state index in [0.29, 0.717) is 5.56 Å². The van der Waals surface area contributed by atoms with Crippen molar-refractivity contribution in [2.24, 2.45) is 0 Å². The highest BCUT2D eigenvalue weighted by Crippen LogP contribution is 2.15. The lowest BCUT2D eigenvalue weighted by atomic mass is 10.1. The molecule has 0 aliphatic rings. The van der Waals surface area contributed by atoms with Gasteiger partial charge in [-0.05, 0) is 12.1 Å². The molecule has 2 aromatic rings. The Morgan fingerprint density at radius 2 is 2.07 bits per heavy atom. The Morgan fingerprint density at radius 3 is 2.86 bits per heavy atom. The zero-order chi connectivity index (χ0) is 9.97. The second-order valence-corrected chi connectivity index (χ2v) is 2.85. The molecule has 4 heteroatoms. The molecular weight excluding hydrogens is 175 g/mol. The summed E-state index contributed by atoms with van der Waals surface area (Å²) in [6.07, 6.45) is 1.59. The molecule has 0 unspecified atom stereocenters. The van der Waals surface area contributed by atoms with E-state index in [1.807, 2.05) is 24.3 Å². The molecule has 0 atom stereocenters. The van der Waals surface area contributed by atoms with Gasteiger partial charge in [-0.25, -0.2) is 0 Å². The smallest absolute Gasteiger partial charge is 0.239 e. The van der Waals surface area contributed by atoms with Crippen molar-refractivity contribution < 1.29 is 4.79 Å². The van der Waals surface area contributed by atoms with E-state index in [2.05, 4.69) is 10.2 Å². The number of pyridine rings is 1. The van der Waals surface area contributed by atoms with Crippen LogP contribution in [-0.2, 0) is 0 Å². The molecule has 2 rings (SSSR count). The zero-order valence-corrected chi connectivity index (χ0v) is 7.40. The van der Waals surface area contributed by atoms with Crippen LogP contribution in [0.25, 0.3) is 10.9 Å². The number of hydrogen-bond acceptors (Lipinski definition) is 2. The van der Waals surface area contributed by atoms with E-state index in [4.69, 9.17) is 7.98 Å². The van der Waals surface area contributed by atoms with Crippen LogP contribution in [0.5, 0.6) is 0 Å². The number of aromatic nitrogens is 1. The fraction of sp³-hybridized carbons (Fsp3) is 0. The predicted molar refractivity (Wildman–Crippen MR) is 55.0 cm³/mol. The van der Waals surface area contributed by atoms with Crippen LogP contribution in [0, 0.1) is 0 Å². The fourth-order valence-corrected chi connectivity index (χ4v) is 1.37. The maximum atomic E-state index is 11.4. The number of nitrogens with one attached hydrogen (secondary N) is 1. The summed E-state index contributed by atoms with van der Waals surface area (Å²) in [5.74, 6) is -0.302. The van der Waals surface area contributed by atoms with E-state index in [9.17, 15) is 4.79 Å². The first kappa shape index (κ1) is 8.75. The molecule has 0 saturated heterocycles. The van der Waals surface area contributed by atoms with Crippen LogP contribution in [0.1, 0.15) is 10.4 Å². The first-order valence-electron chi connectivity index (χ1n) is 4.17. The summed E-state index contributed by atoms with van der Waals surface area (Å²) >= 11 is 0. The van der Waals surface area contributed by atoms with E-state index < -0.39 is 0 Å². The topological polar surface area (TPSA) is 42.0 Å². The van der Waals surface area contributed by atoms with Gasteiger partial charge in [-0.2, -0.15) is 0 Å². The van der Waals surface area contributed by atoms with Gasteiger partial charge in [-0.1, -0.05) is 18.2 Å². The number of carbonyl (C=O) groups is 1. The summed E-state index contributed by atoms with van der Waals surface area (Å²) in [5, 5.41) is 2.91. The van der Waals surface area contributed by atoms with E-state index >= 15 is 0 Å². The Balaban J connectivity index is 2.71. The third-order valence-corrected chi connectivity index (χ3v) is 2.02. The average Bonchev–Trinajstić information content (AvgIpc) is 2.27. The van der Waals surface area contributed by atoms with Crippen molar-refractivity contribution >= 4 is 24.8 Å². The molecule has 0 bridgehead atoms. The molecule has 2 radical (unpaired) electrons. The third-order valence-electron chi connectivity index (χ3n) is 2.02. The molecule has 0 saturated carbocycles. The van der Waals surface area contributed by atoms with Gasteiger partial charge in [0.2, 0.25) is 13.9 Å². The molecule has 1 heterocycles. The van der Waals surface area contributed by atoms with Gasteiger partial charge < -0.3 is 5.23 Å². The number of para-hydroxylation sites is 1. The number of rotatable bonds is 1. The predicted octanol–water partition coefficient (Wildman–Crippen LogP) is 1.05. The van der Waals surface area contributed by atoms with Gasteiger partial charge in [0.1, 0.15) is 0 Å². The van der Waals surface area contributed by atoms with E-state index in [-0.39, 0.29) is 5.91 Å². The molecule has 1 aromatic carbocycles.